The highest BCUT2D eigenvalue weighted by Gasteiger charge is 2.37. The molecule has 3 N–H and O–H groups in total. The van der Waals surface area contributed by atoms with Crippen molar-refractivity contribution in [1.29, 1.82) is 0 Å². The van der Waals surface area contributed by atoms with Gasteiger partial charge in [-0.1, -0.05) is 26.7 Å². The van der Waals surface area contributed by atoms with Gasteiger partial charge in [-0.15, -0.1) is 0 Å². The first-order valence-corrected chi connectivity index (χ1v) is 6.52. The van der Waals surface area contributed by atoms with Crippen LogP contribution in [0.5, 0.6) is 0 Å². The zero-order valence-electron chi connectivity index (χ0n) is 10.7. The highest BCUT2D eigenvalue weighted by Crippen LogP contribution is 2.37. The Kier molecular flexibility index (Phi) is 5.07. The minimum atomic E-state index is 0.0397. The van der Waals surface area contributed by atoms with Gasteiger partial charge in [0.1, 0.15) is 0 Å². The van der Waals surface area contributed by atoms with Crippen molar-refractivity contribution >= 4 is 0 Å². The molecule has 0 aromatic rings. The lowest BCUT2D eigenvalue weighted by Gasteiger charge is -2.24. The van der Waals surface area contributed by atoms with E-state index < -0.39 is 0 Å². The van der Waals surface area contributed by atoms with Crippen molar-refractivity contribution in [3.63, 3.8) is 0 Å². The van der Waals surface area contributed by atoms with Gasteiger partial charge in [0, 0.05) is 12.1 Å². The van der Waals surface area contributed by atoms with Gasteiger partial charge < -0.3 is 11.1 Å². The third-order valence-corrected chi connectivity index (χ3v) is 3.40. The van der Waals surface area contributed by atoms with Crippen molar-refractivity contribution in [2.24, 2.45) is 17.6 Å². The maximum atomic E-state index is 6.22. The Labute approximate surface area is 95.0 Å². The molecule has 1 unspecified atom stereocenters. The Bertz CT molecular complexity index is 171. The van der Waals surface area contributed by atoms with Crippen molar-refractivity contribution < 1.29 is 0 Å². The molecule has 1 aliphatic rings. The first-order valence-electron chi connectivity index (χ1n) is 6.52. The molecule has 0 aliphatic heterocycles. The predicted molar refractivity (Wildman–Crippen MR) is 66.9 cm³/mol. The summed E-state index contributed by atoms with van der Waals surface area (Å²) in [5.41, 5.74) is 6.26. The normalized spacial score (nSPS) is 20.6. The van der Waals surface area contributed by atoms with E-state index >= 15 is 0 Å². The van der Waals surface area contributed by atoms with E-state index in [2.05, 4.69) is 26.1 Å². The summed E-state index contributed by atoms with van der Waals surface area (Å²) in [7, 11) is 0. The fourth-order valence-corrected chi connectivity index (χ4v) is 2.05. The molecule has 0 radical (unpaired) electrons. The summed E-state index contributed by atoms with van der Waals surface area (Å²) in [4.78, 5) is 0. The van der Waals surface area contributed by atoms with E-state index in [1.807, 2.05) is 0 Å². The van der Waals surface area contributed by atoms with Crippen LogP contribution in [0.2, 0.25) is 0 Å². The molecule has 0 bridgehead atoms. The Balaban J connectivity index is 1.92. The summed E-state index contributed by atoms with van der Waals surface area (Å²) in [6, 6.07) is 0. The summed E-state index contributed by atoms with van der Waals surface area (Å²) in [5.74, 6) is 1.62. The standard InChI is InChI=1S/C13H28N2/c1-11(2)6-4-5-9-15-10-13(3,14)12-7-8-12/h11-12,15H,4-10,14H2,1-3H3. The molecule has 90 valence electrons. The maximum absolute atomic E-state index is 6.22. The number of hydrogen-bond donors (Lipinski definition) is 2. The topological polar surface area (TPSA) is 38.0 Å². The first kappa shape index (κ1) is 13.0. The summed E-state index contributed by atoms with van der Waals surface area (Å²) in [5, 5.41) is 3.50. The molecule has 0 aromatic heterocycles. The molecule has 1 atom stereocenters. The highest BCUT2D eigenvalue weighted by atomic mass is 14.9. The summed E-state index contributed by atoms with van der Waals surface area (Å²) >= 11 is 0. The quantitative estimate of drug-likeness (QED) is 0.607. The second-order valence-electron chi connectivity index (χ2n) is 5.85. The number of rotatable bonds is 8. The molecule has 1 aliphatic carbocycles. The van der Waals surface area contributed by atoms with E-state index in [0.717, 1.165) is 24.9 Å². The van der Waals surface area contributed by atoms with Crippen LogP contribution in [0.25, 0.3) is 0 Å². The summed E-state index contributed by atoms with van der Waals surface area (Å²) in [6.07, 6.45) is 6.66. The molecule has 15 heavy (non-hydrogen) atoms. The van der Waals surface area contributed by atoms with Gasteiger partial charge in [-0.2, -0.15) is 0 Å². The summed E-state index contributed by atoms with van der Waals surface area (Å²) < 4.78 is 0. The number of hydrogen-bond acceptors (Lipinski definition) is 2. The number of unbranched alkanes of at least 4 members (excludes halogenated alkanes) is 1. The second-order valence-corrected chi connectivity index (χ2v) is 5.85. The first-order chi connectivity index (χ1) is 7.02. The Morgan fingerprint density at radius 1 is 1.33 bits per heavy atom. The second kappa shape index (κ2) is 5.86. The van der Waals surface area contributed by atoms with Gasteiger partial charge >= 0.3 is 0 Å². The lowest BCUT2D eigenvalue weighted by Crippen LogP contribution is -2.48. The Hall–Kier alpha value is -0.0800. The molecule has 2 heteroatoms. The van der Waals surface area contributed by atoms with Gasteiger partial charge in [-0.25, -0.2) is 0 Å². The van der Waals surface area contributed by atoms with Crippen LogP contribution >= 0.6 is 0 Å². The van der Waals surface area contributed by atoms with Crippen LogP contribution in [0, 0.1) is 11.8 Å². The molecule has 0 saturated heterocycles. The van der Waals surface area contributed by atoms with Gasteiger partial charge in [-0.05, 0) is 44.6 Å². The monoisotopic (exact) mass is 212 g/mol. The number of nitrogens with one attached hydrogen (secondary N) is 1. The van der Waals surface area contributed by atoms with Crippen molar-refractivity contribution in [3.05, 3.63) is 0 Å². The van der Waals surface area contributed by atoms with Gasteiger partial charge in [0.05, 0.1) is 0 Å². The minimum absolute atomic E-state index is 0.0397. The van der Waals surface area contributed by atoms with Gasteiger partial charge in [0.15, 0.2) is 0 Å². The van der Waals surface area contributed by atoms with Crippen molar-refractivity contribution in [1.82, 2.24) is 5.32 Å². The van der Waals surface area contributed by atoms with Crippen LogP contribution in [0.4, 0.5) is 0 Å². The van der Waals surface area contributed by atoms with Gasteiger partial charge in [-0.3, -0.25) is 0 Å². The van der Waals surface area contributed by atoms with Crippen molar-refractivity contribution in [3.8, 4) is 0 Å². The molecule has 1 rings (SSSR count). The molecule has 0 aromatic carbocycles. The van der Waals surface area contributed by atoms with Gasteiger partial charge in [0.25, 0.3) is 0 Å². The fourth-order valence-electron chi connectivity index (χ4n) is 2.05. The molecule has 0 amide bonds. The third kappa shape index (κ3) is 5.53. The molecule has 0 heterocycles. The highest BCUT2D eigenvalue weighted by molar-refractivity contribution is 4.96. The molecule has 2 nitrogen and oxygen atoms in total. The van der Waals surface area contributed by atoms with Crippen LogP contribution in [-0.2, 0) is 0 Å². The largest absolute Gasteiger partial charge is 0.324 e. The molecule has 1 saturated carbocycles. The third-order valence-electron chi connectivity index (χ3n) is 3.40. The van der Waals surface area contributed by atoms with E-state index in [9.17, 15) is 0 Å². The molecule has 0 spiro atoms. The molecular weight excluding hydrogens is 184 g/mol. The average molecular weight is 212 g/mol. The maximum Gasteiger partial charge on any atom is 0.0280 e. The number of nitrogens with two attached hydrogens (primary N) is 1. The summed E-state index contributed by atoms with van der Waals surface area (Å²) in [6.45, 7) is 8.88. The van der Waals surface area contributed by atoms with Crippen LogP contribution in [0.3, 0.4) is 0 Å². The zero-order valence-corrected chi connectivity index (χ0v) is 10.7. The van der Waals surface area contributed by atoms with Crippen LogP contribution < -0.4 is 11.1 Å². The lowest BCUT2D eigenvalue weighted by atomic mass is 9.97. The predicted octanol–water partition coefficient (Wildman–Crippen LogP) is 2.53. The SMILES string of the molecule is CC(C)CCCCNCC(C)(N)C1CC1. The lowest BCUT2D eigenvalue weighted by molar-refractivity contribution is 0.377. The zero-order chi connectivity index (χ0) is 11.3. The smallest absolute Gasteiger partial charge is 0.0280 e. The van der Waals surface area contributed by atoms with Crippen molar-refractivity contribution in [2.45, 2.75) is 58.4 Å². The molecular formula is C13H28N2. The van der Waals surface area contributed by atoms with Crippen LogP contribution in [-0.4, -0.2) is 18.6 Å². The average Bonchev–Trinajstić information content (AvgIpc) is 2.93. The van der Waals surface area contributed by atoms with Crippen molar-refractivity contribution in [2.75, 3.05) is 13.1 Å². The van der Waals surface area contributed by atoms with E-state index in [4.69, 9.17) is 5.73 Å². The van der Waals surface area contributed by atoms with Gasteiger partial charge in [0.2, 0.25) is 0 Å². The van der Waals surface area contributed by atoms with E-state index in [1.54, 1.807) is 0 Å². The Morgan fingerprint density at radius 3 is 2.53 bits per heavy atom. The Morgan fingerprint density at radius 2 is 2.00 bits per heavy atom. The van der Waals surface area contributed by atoms with Crippen LogP contribution in [0.15, 0.2) is 0 Å². The van der Waals surface area contributed by atoms with E-state index in [0.29, 0.717) is 0 Å². The van der Waals surface area contributed by atoms with E-state index in [1.165, 1.54) is 32.1 Å². The fraction of sp³-hybridized carbons (Fsp3) is 1.00. The minimum Gasteiger partial charge on any atom is -0.324 e. The molecule has 1 fully saturated rings. The van der Waals surface area contributed by atoms with Crippen LogP contribution in [0.1, 0.15) is 52.9 Å². The van der Waals surface area contributed by atoms with E-state index in [-0.39, 0.29) is 5.54 Å².